The third-order valence-electron chi connectivity index (χ3n) is 2.38. The maximum absolute atomic E-state index is 11.3. The van der Waals surface area contributed by atoms with E-state index in [4.69, 9.17) is 0 Å². The summed E-state index contributed by atoms with van der Waals surface area (Å²) < 4.78 is 22.4. The number of rotatable bonds is 3. The first-order chi connectivity index (χ1) is 8.15. The maximum Gasteiger partial charge on any atom is 0.235 e. The summed E-state index contributed by atoms with van der Waals surface area (Å²) in [5, 5.41) is 2.12. The second-order valence-corrected chi connectivity index (χ2v) is 4.29. The molecule has 0 saturated heterocycles. The van der Waals surface area contributed by atoms with E-state index in [1.54, 1.807) is 0 Å². The van der Waals surface area contributed by atoms with Gasteiger partial charge in [0.05, 0.1) is 6.42 Å². The Balaban J connectivity index is 2.19. The lowest BCUT2D eigenvalue weighted by atomic mass is 10.1. The number of amides is 1. The standard InChI is InChI=1S/C12H11NO3S/c14-12(13-17(15)16)8-9-5-6-10-3-1-2-4-11(10)7-9/h1-7H,8H2,(H,13,14)(H,15,16)/p-1. The van der Waals surface area contributed by atoms with Gasteiger partial charge in [-0.15, -0.1) is 0 Å². The molecule has 0 aliphatic carbocycles. The van der Waals surface area contributed by atoms with Crippen molar-refractivity contribution in [3.05, 3.63) is 48.0 Å². The molecule has 1 atom stereocenters. The summed E-state index contributed by atoms with van der Waals surface area (Å²) in [6.45, 7) is 0. The third kappa shape index (κ3) is 3.12. The van der Waals surface area contributed by atoms with Gasteiger partial charge in [0.2, 0.25) is 5.91 Å². The lowest BCUT2D eigenvalue weighted by Crippen LogP contribution is -2.26. The predicted octanol–water partition coefficient (Wildman–Crippen LogP) is 1.29. The van der Waals surface area contributed by atoms with Crippen LogP contribution >= 0.6 is 0 Å². The normalized spacial score (nSPS) is 12.3. The van der Waals surface area contributed by atoms with Crippen LogP contribution in [-0.2, 0) is 22.5 Å². The number of carbonyl (C=O) groups is 1. The Hall–Kier alpha value is -1.72. The second-order valence-electron chi connectivity index (χ2n) is 3.62. The molecular weight excluding hydrogens is 238 g/mol. The van der Waals surface area contributed by atoms with Crippen LogP contribution in [0, 0.1) is 0 Å². The van der Waals surface area contributed by atoms with Crippen LogP contribution in [0.15, 0.2) is 42.5 Å². The van der Waals surface area contributed by atoms with Gasteiger partial charge in [-0.1, -0.05) is 42.5 Å². The summed E-state index contributed by atoms with van der Waals surface area (Å²) in [5.74, 6) is -0.534. The van der Waals surface area contributed by atoms with E-state index in [9.17, 15) is 13.6 Å². The van der Waals surface area contributed by atoms with Crippen LogP contribution in [0.5, 0.6) is 0 Å². The highest BCUT2D eigenvalue weighted by Crippen LogP contribution is 2.15. The first kappa shape index (κ1) is 11.8. The molecule has 4 nitrogen and oxygen atoms in total. The monoisotopic (exact) mass is 248 g/mol. The molecule has 0 aliphatic heterocycles. The highest BCUT2D eigenvalue weighted by Gasteiger charge is 2.03. The Labute approximate surface area is 101 Å². The van der Waals surface area contributed by atoms with Gasteiger partial charge in [-0.25, -0.2) is 0 Å². The molecular formula is C12H10NO3S-. The largest absolute Gasteiger partial charge is 0.755 e. The van der Waals surface area contributed by atoms with Crippen molar-refractivity contribution in [2.24, 2.45) is 0 Å². The molecule has 2 aromatic rings. The molecule has 1 unspecified atom stereocenters. The van der Waals surface area contributed by atoms with Crippen molar-refractivity contribution in [3.63, 3.8) is 0 Å². The van der Waals surface area contributed by atoms with Crippen molar-refractivity contribution in [2.45, 2.75) is 6.42 Å². The average molecular weight is 248 g/mol. The fourth-order valence-corrected chi connectivity index (χ4v) is 1.92. The first-order valence-corrected chi connectivity index (χ1v) is 6.09. The van der Waals surface area contributed by atoms with Crippen LogP contribution in [0.4, 0.5) is 0 Å². The third-order valence-corrected chi connectivity index (χ3v) is 2.77. The molecule has 2 rings (SSSR count). The highest BCUT2D eigenvalue weighted by molar-refractivity contribution is 7.77. The van der Waals surface area contributed by atoms with E-state index in [2.05, 4.69) is 0 Å². The summed E-state index contributed by atoms with van der Waals surface area (Å²) in [7, 11) is 0. The fourth-order valence-electron chi connectivity index (χ4n) is 1.66. The quantitative estimate of drug-likeness (QED) is 0.832. The van der Waals surface area contributed by atoms with Crippen molar-refractivity contribution < 1.29 is 13.6 Å². The van der Waals surface area contributed by atoms with Crippen LogP contribution < -0.4 is 4.72 Å². The van der Waals surface area contributed by atoms with Gasteiger partial charge in [-0.3, -0.25) is 13.7 Å². The highest BCUT2D eigenvalue weighted by atomic mass is 32.2. The number of hydrogen-bond acceptors (Lipinski definition) is 3. The maximum atomic E-state index is 11.3. The topological polar surface area (TPSA) is 69.2 Å². The van der Waals surface area contributed by atoms with Crippen molar-refractivity contribution in [3.8, 4) is 0 Å². The number of fused-ring (bicyclic) bond motifs is 1. The minimum atomic E-state index is -2.55. The van der Waals surface area contributed by atoms with Crippen molar-refractivity contribution in [1.82, 2.24) is 4.72 Å². The number of hydrogen-bond donors (Lipinski definition) is 1. The van der Waals surface area contributed by atoms with Gasteiger partial charge in [0.25, 0.3) is 0 Å². The molecule has 1 N–H and O–H groups in total. The minimum absolute atomic E-state index is 0.0544. The molecule has 0 aliphatic rings. The Morgan fingerprint density at radius 3 is 2.59 bits per heavy atom. The lowest BCUT2D eigenvalue weighted by molar-refractivity contribution is -0.118. The minimum Gasteiger partial charge on any atom is -0.755 e. The van der Waals surface area contributed by atoms with Crippen molar-refractivity contribution >= 4 is 27.9 Å². The number of nitrogens with one attached hydrogen (secondary N) is 1. The number of benzene rings is 2. The molecule has 0 bridgehead atoms. The van der Waals surface area contributed by atoms with E-state index < -0.39 is 17.2 Å². The van der Waals surface area contributed by atoms with Crippen LogP contribution in [0.3, 0.4) is 0 Å². The number of carbonyl (C=O) groups excluding carboxylic acids is 1. The summed E-state index contributed by atoms with van der Waals surface area (Å²) >= 11 is -2.55. The molecule has 5 heteroatoms. The Kier molecular flexibility index (Phi) is 3.51. The Morgan fingerprint density at radius 2 is 1.88 bits per heavy atom. The van der Waals surface area contributed by atoms with Crippen LogP contribution in [-0.4, -0.2) is 14.7 Å². The smallest absolute Gasteiger partial charge is 0.235 e. The van der Waals surface area contributed by atoms with Gasteiger partial charge < -0.3 is 4.55 Å². The van der Waals surface area contributed by atoms with E-state index in [1.807, 2.05) is 47.2 Å². The van der Waals surface area contributed by atoms with Gasteiger partial charge >= 0.3 is 0 Å². The second kappa shape index (κ2) is 5.07. The van der Waals surface area contributed by atoms with Crippen LogP contribution in [0.1, 0.15) is 5.56 Å². The molecule has 17 heavy (non-hydrogen) atoms. The van der Waals surface area contributed by atoms with Crippen molar-refractivity contribution in [2.75, 3.05) is 0 Å². The molecule has 0 heterocycles. The summed E-state index contributed by atoms with van der Waals surface area (Å²) in [6.07, 6.45) is 0.0544. The average Bonchev–Trinajstić information content (AvgIpc) is 2.27. The fraction of sp³-hybridized carbons (Fsp3) is 0.0833. The summed E-state index contributed by atoms with van der Waals surface area (Å²) in [5.41, 5.74) is 0.784. The molecule has 0 saturated carbocycles. The van der Waals surface area contributed by atoms with E-state index >= 15 is 0 Å². The molecule has 2 aromatic carbocycles. The predicted molar refractivity (Wildman–Crippen MR) is 64.7 cm³/mol. The molecule has 0 radical (unpaired) electrons. The molecule has 0 fully saturated rings. The molecule has 0 spiro atoms. The van der Waals surface area contributed by atoms with E-state index in [0.29, 0.717) is 0 Å². The van der Waals surface area contributed by atoms with E-state index in [-0.39, 0.29) is 6.42 Å². The van der Waals surface area contributed by atoms with Crippen LogP contribution in [0.2, 0.25) is 0 Å². The zero-order valence-electron chi connectivity index (χ0n) is 8.88. The Morgan fingerprint density at radius 1 is 1.18 bits per heavy atom. The van der Waals surface area contributed by atoms with Crippen molar-refractivity contribution in [1.29, 1.82) is 0 Å². The van der Waals surface area contributed by atoms with Gasteiger partial charge in [0.1, 0.15) is 0 Å². The van der Waals surface area contributed by atoms with Crippen LogP contribution in [0.25, 0.3) is 10.8 Å². The summed E-state index contributed by atoms with van der Waals surface area (Å²) in [4.78, 5) is 11.3. The molecule has 1 amide bonds. The Bertz CT molecular complexity index is 583. The molecule has 88 valence electrons. The SMILES string of the molecule is O=C(Cc1ccc2ccccc2c1)NS(=O)[O-]. The van der Waals surface area contributed by atoms with Gasteiger partial charge in [0, 0.05) is 11.3 Å². The van der Waals surface area contributed by atoms with Gasteiger partial charge in [-0.05, 0) is 16.3 Å². The lowest BCUT2D eigenvalue weighted by Gasteiger charge is -2.07. The zero-order valence-corrected chi connectivity index (χ0v) is 9.70. The van der Waals surface area contributed by atoms with E-state index in [1.165, 1.54) is 0 Å². The van der Waals surface area contributed by atoms with Gasteiger partial charge in [0.15, 0.2) is 0 Å². The molecule has 0 aromatic heterocycles. The van der Waals surface area contributed by atoms with Gasteiger partial charge in [-0.2, -0.15) is 0 Å². The zero-order chi connectivity index (χ0) is 12.3. The first-order valence-electron chi connectivity index (χ1n) is 5.01. The van der Waals surface area contributed by atoms with E-state index in [0.717, 1.165) is 16.3 Å². The summed E-state index contributed by atoms with van der Waals surface area (Å²) in [6, 6.07) is 13.4.